The van der Waals surface area contributed by atoms with Crippen molar-refractivity contribution in [2.24, 2.45) is 5.73 Å². The molecule has 1 saturated heterocycles. The minimum Gasteiger partial charge on any atom is -0.326 e. The van der Waals surface area contributed by atoms with Gasteiger partial charge in [0, 0.05) is 18.1 Å². The van der Waals surface area contributed by atoms with Crippen LogP contribution in [0.15, 0.2) is 0 Å². The quantitative estimate of drug-likeness (QED) is 0.468. The lowest BCUT2D eigenvalue weighted by molar-refractivity contribution is 0.571. The number of nitrogens with two attached hydrogens (primary N) is 1. The van der Waals surface area contributed by atoms with Gasteiger partial charge < -0.3 is 11.1 Å². The smallest absolute Gasteiger partial charge is 0.0206 e. The average Bonchev–Trinajstić information content (AvgIpc) is 1.85. The van der Waals surface area contributed by atoms with Gasteiger partial charge in [0.25, 0.3) is 0 Å². The molecule has 0 spiro atoms. The van der Waals surface area contributed by atoms with Crippen LogP contribution in [0.4, 0.5) is 0 Å². The number of rotatable bonds is 0. The summed E-state index contributed by atoms with van der Waals surface area (Å²) in [4.78, 5) is 0. The molecule has 0 amide bonds. The highest BCUT2D eigenvalue weighted by Crippen LogP contribution is 2.08. The van der Waals surface area contributed by atoms with Crippen LogP contribution >= 0.6 is 0 Å². The Morgan fingerprint density at radius 3 is 2.25 bits per heavy atom. The average molecular weight is 114 g/mol. The van der Waals surface area contributed by atoms with Crippen molar-refractivity contribution in [3.05, 3.63) is 0 Å². The second-order valence-electron chi connectivity index (χ2n) is 2.76. The first kappa shape index (κ1) is 6.05. The molecule has 2 heteroatoms. The Morgan fingerprint density at radius 1 is 1.50 bits per heavy atom. The molecule has 1 fully saturated rings. The molecule has 3 N–H and O–H groups in total. The van der Waals surface area contributed by atoms with Gasteiger partial charge in [-0.3, -0.25) is 0 Å². The third-order valence-corrected chi connectivity index (χ3v) is 1.82. The standard InChI is InChI=1S/C6H14N2/c1-4-3-6(7)5(2)8-4/h4-6,8H,3,7H2,1-2H3. The van der Waals surface area contributed by atoms with E-state index in [0.717, 1.165) is 6.42 Å². The van der Waals surface area contributed by atoms with Crippen LogP contribution in [0.2, 0.25) is 0 Å². The van der Waals surface area contributed by atoms with Crippen LogP contribution in [0, 0.1) is 0 Å². The Kier molecular flexibility index (Phi) is 1.54. The number of hydrogen-bond acceptors (Lipinski definition) is 2. The van der Waals surface area contributed by atoms with E-state index in [1.807, 2.05) is 0 Å². The van der Waals surface area contributed by atoms with Crippen LogP contribution in [0.1, 0.15) is 20.3 Å². The lowest BCUT2D eigenvalue weighted by Gasteiger charge is -2.06. The van der Waals surface area contributed by atoms with Crippen molar-refractivity contribution in [2.75, 3.05) is 0 Å². The van der Waals surface area contributed by atoms with Crippen LogP contribution < -0.4 is 11.1 Å². The fraction of sp³-hybridized carbons (Fsp3) is 1.00. The summed E-state index contributed by atoms with van der Waals surface area (Å²) in [6.07, 6.45) is 1.13. The molecule has 3 unspecified atom stereocenters. The van der Waals surface area contributed by atoms with E-state index in [9.17, 15) is 0 Å². The molecule has 8 heavy (non-hydrogen) atoms. The van der Waals surface area contributed by atoms with E-state index in [1.165, 1.54) is 0 Å². The van der Waals surface area contributed by atoms with Crippen LogP contribution in [0.5, 0.6) is 0 Å². The van der Waals surface area contributed by atoms with Gasteiger partial charge in [-0.05, 0) is 20.3 Å². The third kappa shape index (κ3) is 1.01. The number of hydrogen-bond donors (Lipinski definition) is 2. The summed E-state index contributed by atoms with van der Waals surface area (Å²) < 4.78 is 0. The molecule has 3 atom stereocenters. The highest BCUT2D eigenvalue weighted by Gasteiger charge is 2.23. The SMILES string of the molecule is CC1CC(N)C(C)N1. The minimum atomic E-state index is 0.380. The van der Waals surface area contributed by atoms with E-state index >= 15 is 0 Å². The molecule has 0 aromatic heterocycles. The van der Waals surface area contributed by atoms with Crippen LogP contribution in [-0.4, -0.2) is 18.1 Å². The second-order valence-corrected chi connectivity index (χ2v) is 2.76. The van der Waals surface area contributed by atoms with E-state index in [0.29, 0.717) is 18.1 Å². The Morgan fingerprint density at radius 2 is 2.12 bits per heavy atom. The zero-order valence-electron chi connectivity index (χ0n) is 5.52. The van der Waals surface area contributed by atoms with Crippen molar-refractivity contribution >= 4 is 0 Å². The van der Waals surface area contributed by atoms with Gasteiger partial charge in [-0.25, -0.2) is 0 Å². The van der Waals surface area contributed by atoms with E-state index < -0.39 is 0 Å². The molecular formula is C6H14N2. The summed E-state index contributed by atoms with van der Waals surface area (Å²) in [5.41, 5.74) is 5.71. The van der Waals surface area contributed by atoms with E-state index in [1.54, 1.807) is 0 Å². The fourth-order valence-electron chi connectivity index (χ4n) is 1.25. The Bertz CT molecular complexity index is 72.6. The Balaban J connectivity index is 2.39. The van der Waals surface area contributed by atoms with Gasteiger partial charge in [0.2, 0.25) is 0 Å². The molecule has 0 bridgehead atoms. The van der Waals surface area contributed by atoms with Crippen molar-refractivity contribution in [1.29, 1.82) is 0 Å². The molecule has 2 nitrogen and oxygen atoms in total. The topological polar surface area (TPSA) is 38.0 Å². The van der Waals surface area contributed by atoms with Crippen molar-refractivity contribution in [2.45, 2.75) is 38.4 Å². The monoisotopic (exact) mass is 114 g/mol. The molecule has 1 aliphatic heterocycles. The van der Waals surface area contributed by atoms with Gasteiger partial charge in [0.1, 0.15) is 0 Å². The minimum absolute atomic E-state index is 0.380. The molecule has 0 saturated carbocycles. The highest BCUT2D eigenvalue weighted by molar-refractivity contribution is 4.87. The maximum atomic E-state index is 5.71. The first-order chi connectivity index (χ1) is 3.70. The summed E-state index contributed by atoms with van der Waals surface area (Å²) in [6, 6.07) is 1.52. The number of nitrogens with one attached hydrogen (secondary N) is 1. The third-order valence-electron chi connectivity index (χ3n) is 1.82. The lowest BCUT2D eigenvalue weighted by Crippen LogP contribution is -2.33. The summed E-state index contributed by atoms with van der Waals surface area (Å²) in [5, 5.41) is 3.34. The zero-order valence-corrected chi connectivity index (χ0v) is 5.52. The maximum absolute atomic E-state index is 5.71. The van der Waals surface area contributed by atoms with Crippen molar-refractivity contribution < 1.29 is 0 Å². The fourth-order valence-corrected chi connectivity index (χ4v) is 1.25. The molecule has 0 aromatic rings. The van der Waals surface area contributed by atoms with E-state index in [4.69, 9.17) is 5.73 Å². The summed E-state index contributed by atoms with van der Waals surface area (Å²) in [7, 11) is 0. The molecule has 48 valence electrons. The van der Waals surface area contributed by atoms with Crippen LogP contribution in [0.25, 0.3) is 0 Å². The van der Waals surface area contributed by atoms with E-state index in [2.05, 4.69) is 19.2 Å². The molecule has 1 heterocycles. The predicted molar refractivity (Wildman–Crippen MR) is 34.7 cm³/mol. The molecule has 1 aliphatic rings. The van der Waals surface area contributed by atoms with Gasteiger partial charge >= 0.3 is 0 Å². The summed E-state index contributed by atoms with van der Waals surface area (Å²) in [5.74, 6) is 0. The molecule has 0 aromatic carbocycles. The highest BCUT2D eigenvalue weighted by atomic mass is 15.0. The van der Waals surface area contributed by atoms with E-state index in [-0.39, 0.29) is 0 Å². The van der Waals surface area contributed by atoms with Gasteiger partial charge in [-0.2, -0.15) is 0 Å². The van der Waals surface area contributed by atoms with Crippen molar-refractivity contribution in [3.8, 4) is 0 Å². The van der Waals surface area contributed by atoms with Gasteiger partial charge in [-0.15, -0.1) is 0 Å². The van der Waals surface area contributed by atoms with Gasteiger partial charge in [-0.1, -0.05) is 0 Å². The molecule has 0 radical (unpaired) electrons. The van der Waals surface area contributed by atoms with Gasteiger partial charge in [0.15, 0.2) is 0 Å². The second kappa shape index (κ2) is 2.03. The summed E-state index contributed by atoms with van der Waals surface area (Å²) >= 11 is 0. The summed E-state index contributed by atoms with van der Waals surface area (Å²) in [6.45, 7) is 4.30. The maximum Gasteiger partial charge on any atom is 0.0206 e. The lowest BCUT2D eigenvalue weighted by atomic mass is 10.1. The first-order valence-corrected chi connectivity index (χ1v) is 3.22. The van der Waals surface area contributed by atoms with Crippen molar-refractivity contribution in [1.82, 2.24) is 5.32 Å². The Hall–Kier alpha value is -0.0800. The zero-order chi connectivity index (χ0) is 6.15. The largest absolute Gasteiger partial charge is 0.326 e. The van der Waals surface area contributed by atoms with Crippen molar-refractivity contribution in [3.63, 3.8) is 0 Å². The Labute approximate surface area is 50.4 Å². The molecular weight excluding hydrogens is 100 g/mol. The molecule has 1 rings (SSSR count). The van der Waals surface area contributed by atoms with Crippen LogP contribution in [-0.2, 0) is 0 Å². The molecule has 0 aliphatic carbocycles. The normalized spacial score (nSPS) is 47.6. The predicted octanol–water partition coefficient (Wildman–Crippen LogP) is 0.0840. The van der Waals surface area contributed by atoms with Gasteiger partial charge in [0.05, 0.1) is 0 Å². The first-order valence-electron chi connectivity index (χ1n) is 3.22. The van der Waals surface area contributed by atoms with Crippen LogP contribution in [0.3, 0.4) is 0 Å².